The summed E-state index contributed by atoms with van der Waals surface area (Å²) in [6.45, 7) is 12.8. The number of sulfonamides is 1. The molecule has 2 aromatic carbocycles. The van der Waals surface area contributed by atoms with Gasteiger partial charge in [-0.2, -0.15) is 4.31 Å². The summed E-state index contributed by atoms with van der Waals surface area (Å²) < 4.78 is 33.2. The zero-order chi connectivity index (χ0) is 23.6. The van der Waals surface area contributed by atoms with Crippen LogP contribution in [-0.4, -0.2) is 43.9 Å². The summed E-state index contributed by atoms with van der Waals surface area (Å²) in [4.78, 5) is 13.2. The number of benzene rings is 2. The Kier molecular flexibility index (Phi) is 7.43. The maximum atomic E-state index is 13.1. The molecule has 174 valence electrons. The molecular formula is C25H34N2O4S. The van der Waals surface area contributed by atoms with Crippen molar-refractivity contribution in [1.29, 1.82) is 0 Å². The molecule has 1 N–H and O–H groups in total. The third-order valence-corrected chi connectivity index (χ3v) is 7.60. The fraction of sp³-hybridized carbons (Fsp3) is 0.480. The number of hydrogen-bond donors (Lipinski definition) is 1. The number of ether oxygens (including phenoxy) is 1. The highest BCUT2D eigenvalue weighted by Crippen LogP contribution is 2.33. The third kappa shape index (κ3) is 5.22. The molecule has 0 radical (unpaired) electrons. The van der Waals surface area contributed by atoms with Crippen molar-refractivity contribution in [3.8, 4) is 0 Å². The lowest BCUT2D eigenvalue weighted by Crippen LogP contribution is -2.48. The lowest BCUT2D eigenvalue weighted by Gasteiger charge is -2.34. The minimum absolute atomic E-state index is 0.158. The Morgan fingerprint density at radius 3 is 1.91 bits per heavy atom. The first-order valence-electron chi connectivity index (χ1n) is 11.2. The molecule has 2 unspecified atom stereocenters. The molecule has 2 aromatic rings. The number of rotatable bonds is 6. The van der Waals surface area contributed by atoms with Gasteiger partial charge in [0.25, 0.3) is 5.91 Å². The first kappa shape index (κ1) is 24.4. The van der Waals surface area contributed by atoms with E-state index in [1.54, 1.807) is 12.1 Å². The highest BCUT2D eigenvalue weighted by Gasteiger charge is 2.32. The number of hydrogen-bond acceptors (Lipinski definition) is 4. The fourth-order valence-electron chi connectivity index (χ4n) is 4.14. The summed E-state index contributed by atoms with van der Waals surface area (Å²) in [5.74, 6) is 0.266. The second-order valence-electron chi connectivity index (χ2n) is 9.18. The molecule has 0 bridgehead atoms. The van der Waals surface area contributed by atoms with Crippen molar-refractivity contribution < 1.29 is 17.9 Å². The second kappa shape index (κ2) is 9.73. The largest absolute Gasteiger partial charge is 0.373 e. The van der Waals surface area contributed by atoms with Gasteiger partial charge in [0.05, 0.1) is 17.1 Å². The van der Waals surface area contributed by atoms with Crippen LogP contribution in [0, 0.1) is 0 Å². The summed E-state index contributed by atoms with van der Waals surface area (Å²) in [6, 6.07) is 12.2. The Bertz CT molecular complexity index is 1030. The number of anilines is 1. The monoisotopic (exact) mass is 458 g/mol. The van der Waals surface area contributed by atoms with E-state index in [0.717, 1.165) is 16.8 Å². The van der Waals surface area contributed by atoms with Gasteiger partial charge in [-0.25, -0.2) is 8.42 Å². The van der Waals surface area contributed by atoms with Crippen LogP contribution in [0.25, 0.3) is 0 Å². The van der Waals surface area contributed by atoms with Gasteiger partial charge in [0, 0.05) is 24.3 Å². The molecule has 3 rings (SSSR count). The summed E-state index contributed by atoms with van der Waals surface area (Å²) in [7, 11) is -3.64. The van der Waals surface area contributed by atoms with Gasteiger partial charge in [0.1, 0.15) is 0 Å². The molecule has 0 spiro atoms. The molecule has 1 heterocycles. The Morgan fingerprint density at radius 1 is 0.938 bits per heavy atom. The summed E-state index contributed by atoms with van der Waals surface area (Å²) in [6.07, 6.45) is -0.315. The van der Waals surface area contributed by atoms with Crippen LogP contribution in [0.1, 0.15) is 74.9 Å². The highest BCUT2D eigenvalue weighted by atomic mass is 32.2. The summed E-state index contributed by atoms with van der Waals surface area (Å²) >= 11 is 0. The number of nitrogens with zero attached hydrogens (tertiary/aromatic N) is 1. The Labute approximate surface area is 192 Å². The molecule has 6 nitrogen and oxygen atoms in total. The average molecular weight is 459 g/mol. The topological polar surface area (TPSA) is 75.7 Å². The zero-order valence-electron chi connectivity index (χ0n) is 19.8. The first-order valence-corrected chi connectivity index (χ1v) is 12.6. The van der Waals surface area contributed by atoms with Crippen molar-refractivity contribution in [2.24, 2.45) is 0 Å². The van der Waals surface area contributed by atoms with Crippen molar-refractivity contribution in [3.05, 3.63) is 59.2 Å². The van der Waals surface area contributed by atoms with Crippen LogP contribution in [0.3, 0.4) is 0 Å². The van der Waals surface area contributed by atoms with Crippen LogP contribution in [0.2, 0.25) is 0 Å². The molecule has 32 heavy (non-hydrogen) atoms. The van der Waals surface area contributed by atoms with Crippen LogP contribution >= 0.6 is 0 Å². The standard InChI is InChI=1S/C25H34N2O4S/c1-16(2)22-8-7-9-23(17(3)4)24(22)26-25(28)20-10-12-21(13-11-20)32(29,30)27-14-18(5)31-19(6)15-27/h7-13,16-19H,14-15H2,1-6H3,(H,26,28). The molecule has 1 aliphatic rings. The molecule has 2 atom stereocenters. The highest BCUT2D eigenvalue weighted by molar-refractivity contribution is 7.89. The normalized spacial score (nSPS) is 20.0. The Hall–Kier alpha value is -2.22. The van der Waals surface area contributed by atoms with Gasteiger partial charge in [-0.3, -0.25) is 4.79 Å². The van der Waals surface area contributed by atoms with E-state index in [0.29, 0.717) is 18.7 Å². The lowest BCUT2D eigenvalue weighted by molar-refractivity contribution is -0.0440. The van der Waals surface area contributed by atoms with E-state index in [1.807, 2.05) is 32.0 Å². The third-order valence-electron chi connectivity index (χ3n) is 5.75. The zero-order valence-corrected chi connectivity index (χ0v) is 20.6. The van der Waals surface area contributed by atoms with Gasteiger partial charge in [-0.05, 0) is 61.1 Å². The van der Waals surface area contributed by atoms with Crippen LogP contribution in [-0.2, 0) is 14.8 Å². The number of morpholine rings is 1. The fourth-order valence-corrected chi connectivity index (χ4v) is 5.73. The Balaban J connectivity index is 1.84. The van der Waals surface area contributed by atoms with Gasteiger partial charge < -0.3 is 10.1 Å². The molecule has 1 aliphatic heterocycles. The number of carbonyl (C=O) groups is 1. The van der Waals surface area contributed by atoms with Crippen LogP contribution < -0.4 is 5.32 Å². The molecule has 1 fully saturated rings. The minimum atomic E-state index is -3.64. The average Bonchev–Trinajstić information content (AvgIpc) is 2.72. The Morgan fingerprint density at radius 2 is 1.44 bits per heavy atom. The van der Waals surface area contributed by atoms with Crippen molar-refractivity contribution in [1.82, 2.24) is 4.31 Å². The summed E-state index contributed by atoms with van der Waals surface area (Å²) in [5.41, 5.74) is 3.43. The quantitative estimate of drug-likeness (QED) is 0.662. The van der Waals surface area contributed by atoms with Gasteiger partial charge in [-0.1, -0.05) is 45.9 Å². The van der Waals surface area contributed by atoms with Crippen LogP contribution in [0.5, 0.6) is 0 Å². The van der Waals surface area contributed by atoms with E-state index in [4.69, 9.17) is 4.74 Å². The van der Waals surface area contributed by atoms with Gasteiger partial charge in [-0.15, -0.1) is 0 Å². The number of carbonyl (C=O) groups excluding carboxylic acids is 1. The first-order chi connectivity index (χ1) is 15.0. The molecule has 1 saturated heterocycles. The number of nitrogens with one attached hydrogen (secondary N) is 1. The maximum Gasteiger partial charge on any atom is 0.255 e. The molecule has 0 aliphatic carbocycles. The van der Waals surface area contributed by atoms with E-state index in [-0.39, 0.29) is 34.8 Å². The molecule has 0 saturated carbocycles. The smallest absolute Gasteiger partial charge is 0.255 e. The van der Waals surface area contributed by atoms with Gasteiger partial charge in [0.2, 0.25) is 10.0 Å². The molecule has 1 amide bonds. The van der Waals surface area contributed by atoms with Gasteiger partial charge >= 0.3 is 0 Å². The van der Waals surface area contributed by atoms with Crippen molar-refractivity contribution in [3.63, 3.8) is 0 Å². The van der Waals surface area contributed by atoms with Crippen LogP contribution in [0.4, 0.5) is 5.69 Å². The van der Waals surface area contributed by atoms with E-state index in [2.05, 4.69) is 33.0 Å². The SMILES string of the molecule is CC1CN(S(=O)(=O)c2ccc(C(=O)Nc3c(C(C)C)cccc3C(C)C)cc2)CC(C)O1. The maximum absolute atomic E-state index is 13.1. The lowest BCUT2D eigenvalue weighted by atomic mass is 9.92. The van der Waals surface area contributed by atoms with E-state index >= 15 is 0 Å². The molecular weight excluding hydrogens is 424 g/mol. The number of para-hydroxylation sites is 1. The van der Waals surface area contributed by atoms with E-state index < -0.39 is 10.0 Å². The van der Waals surface area contributed by atoms with Crippen molar-refractivity contribution >= 4 is 21.6 Å². The predicted molar refractivity (Wildman–Crippen MR) is 128 cm³/mol. The molecule has 0 aromatic heterocycles. The number of amides is 1. The minimum Gasteiger partial charge on any atom is -0.373 e. The van der Waals surface area contributed by atoms with E-state index in [1.165, 1.54) is 16.4 Å². The predicted octanol–water partition coefficient (Wildman–Crippen LogP) is 4.98. The van der Waals surface area contributed by atoms with Crippen molar-refractivity contribution in [2.75, 3.05) is 18.4 Å². The van der Waals surface area contributed by atoms with Crippen molar-refractivity contribution in [2.45, 2.75) is 70.5 Å². The summed E-state index contributed by atoms with van der Waals surface area (Å²) in [5, 5.41) is 3.08. The second-order valence-corrected chi connectivity index (χ2v) is 11.1. The van der Waals surface area contributed by atoms with Crippen LogP contribution in [0.15, 0.2) is 47.4 Å². The molecule has 7 heteroatoms. The van der Waals surface area contributed by atoms with Gasteiger partial charge in [0.15, 0.2) is 0 Å². The van der Waals surface area contributed by atoms with E-state index in [9.17, 15) is 13.2 Å².